The van der Waals surface area contributed by atoms with E-state index in [1.165, 1.54) is 11.1 Å². The van der Waals surface area contributed by atoms with E-state index < -0.39 is 0 Å². The zero-order valence-corrected chi connectivity index (χ0v) is 17.8. The number of ether oxygens (including phenoxy) is 1. The van der Waals surface area contributed by atoms with E-state index in [0.29, 0.717) is 18.7 Å². The highest BCUT2D eigenvalue weighted by Crippen LogP contribution is 2.54. The van der Waals surface area contributed by atoms with E-state index in [2.05, 4.69) is 6.07 Å². The van der Waals surface area contributed by atoms with Crippen LogP contribution in [0.25, 0.3) is 5.69 Å². The number of carbonyl (C=O) groups is 1. The van der Waals surface area contributed by atoms with E-state index in [9.17, 15) is 14.7 Å². The number of hydrogen-bond acceptors (Lipinski definition) is 4. The van der Waals surface area contributed by atoms with Gasteiger partial charge in [0.05, 0.1) is 23.9 Å². The van der Waals surface area contributed by atoms with Crippen LogP contribution in [-0.4, -0.2) is 51.9 Å². The molecule has 2 aromatic rings. The standard InChI is InChI=1S/C25H28N2O4/c1-15-9-11-27(20-7-3-5-16-4-2-6-17(16)20)24(30)22(15)23(29)26-12-19-18(13-28)21-8-10-25(19,14-26)31-21/h3,5,7,9,11,18-19,21,28H,2,4,6,8,10,12-14H2,1H3/t18-,19+,21+,25+/m1/s1. The maximum atomic E-state index is 13.6. The van der Waals surface area contributed by atoms with Crippen molar-refractivity contribution in [2.45, 2.75) is 50.7 Å². The van der Waals surface area contributed by atoms with Gasteiger partial charge in [-0.25, -0.2) is 0 Å². The summed E-state index contributed by atoms with van der Waals surface area (Å²) in [6.07, 6.45) is 6.89. The highest BCUT2D eigenvalue weighted by atomic mass is 16.5. The fourth-order valence-electron chi connectivity index (χ4n) is 6.65. The lowest BCUT2D eigenvalue weighted by atomic mass is 9.74. The molecule has 4 aliphatic rings. The molecule has 3 aliphatic heterocycles. The molecule has 0 unspecified atom stereocenters. The quantitative estimate of drug-likeness (QED) is 0.827. The summed E-state index contributed by atoms with van der Waals surface area (Å²) in [7, 11) is 0. The molecule has 6 rings (SSSR count). The topological polar surface area (TPSA) is 71.8 Å². The number of carbonyl (C=O) groups excluding carboxylic acids is 1. The average Bonchev–Trinajstić information content (AvgIpc) is 3.52. The minimum atomic E-state index is -0.338. The second-order valence-electron chi connectivity index (χ2n) is 9.72. The molecular formula is C25H28N2O4. The van der Waals surface area contributed by atoms with Gasteiger partial charge in [-0.3, -0.25) is 14.2 Å². The number of fused-ring (bicyclic) bond motifs is 2. The number of aliphatic hydroxyl groups is 1. The van der Waals surface area contributed by atoms with Crippen molar-refractivity contribution in [3.05, 3.63) is 63.1 Å². The van der Waals surface area contributed by atoms with Crippen molar-refractivity contribution in [2.24, 2.45) is 11.8 Å². The molecule has 1 amide bonds. The first-order valence-electron chi connectivity index (χ1n) is 11.4. The predicted molar refractivity (Wildman–Crippen MR) is 116 cm³/mol. The Morgan fingerprint density at radius 1 is 1.29 bits per heavy atom. The fraction of sp³-hybridized carbons (Fsp3) is 0.520. The Kier molecular flexibility index (Phi) is 4.21. The molecule has 31 heavy (non-hydrogen) atoms. The van der Waals surface area contributed by atoms with Crippen LogP contribution in [-0.2, 0) is 17.6 Å². The van der Waals surface area contributed by atoms with Crippen molar-refractivity contribution < 1.29 is 14.6 Å². The number of pyridine rings is 1. The first-order valence-corrected chi connectivity index (χ1v) is 11.4. The predicted octanol–water partition coefficient (Wildman–Crippen LogP) is 2.25. The Balaban J connectivity index is 1.37. The third-order valence-electron chi connectivity index (χ3n) is 8.18. The Hall–Kier alpha value is -2.44. The molecule has 1 aromatic heterocycles. The van der Waals surface area contributed by atoms with Gasteiger partial charge in [-0.1, -0.05) is 12.1 Å². The van der Waals surface area contributed by atoms with Crippen molar-refractivity contribution in [1.29, 1.82) is 0 Å². The summed E-state index contributed by atoms with van der Waals surface area (Å²) in [5, 5.41) is 9.86. The summed E-state index contributed by atoms with van der Waals surface area (Å²) in [4.78, 5) is 28.9. The second kappa shape index (κ2) is 6.78. The number of rotatable bonds is 3. The van der Waals surface area contributed by atoms with Gasteiger partial charge in [-0.15, -0.1) is 0 Å². The molecule has 0 radical (unpaired) electrons. The molecule has 1 aliphatic carbocycles. The van der Waals surface area contributed by atoms with Crippen molar-refractivity contribution in [3.8, 4) is 5.69 Å². The maximum absolute atomic E-state index is 13.6. The molecule has 6 nitrogen and oxygen atoms in total. The molecule has 6 heteroatoms. The molecule has 4 atom stereocenters. The van der Waals surface area contributed by atoms with Crippen molar-refractivity contribution in [1.82, 2.24) is 9.47 Å². The van der Waals surface area contributed by atoms with Crippen LogP contribution < -0.4 is 5.56 Å². The van der Waals surface area contributed by atoms with E-state index in [1.807, 2.05) is 25.1 Å². The van der Waals surface area contributed by atoms with Crippen LogP contribution in [0.5, 0.6) is 0 Å². The average molecular weight is 421 g/mol. The first-order chi connectivity index (χ1) is 15.0. The molecule has 0 saturated carbocycles. The number of aromatic nitrogens is 1. The molecular weight excluding hydrogens is 392 g/mol. The third-order valence-corrected chi connectivity index (χ3v) is 8.18. The van der Waals surface area contributed by atoms with E-state index >= 15 is 0 Å². The number of likely N-dealkylation sites (tertiary alicyclic amines) is 1. The minimum Gasteiger partial charge on any atom is -0.396 e. The van der Waals surface area contributed by atoms with Crippen molar-refractivity contribution >= 4 is 5.91 Å². The van der Waals surface area contributed by atoms with Gasteiger partial charge >= 0.3 is 0 Å². The number of hydrogen-bond donors (Lipinski definition) is 1. The summed E-state index contributed by atoms with van der Waals surface area (Å²) in [6.45, 7) is 2.99. The van der Waals surface area contributed by atoms with E-state index in [4.69, 9.17) is 4.74 Å². The summed E-state index contributed by atoms with van der Waals surface area (Å²) in [6, 6.07) is 7.98. The number of nitrogens with zero attached hydrogens (tertiary/aromatic N) is 2. The summed E-state index contributed by atoms with van der Waals surface area (Å²) >= 11 is 0. The van der Waals surface area contributed by atoms with Crippen LogP contribution in [0.15, 0.2) is 35.3 Å². The van der Waals surface area contributed by atoms with Gasteiger partial charge in [0.15, 0.2) is 0 Å². The van der Waals surface area contributed by atoms with E-state index in [0.717, 1.165) is 37.8 Å². The molecule has 162 valence electrons. The fourth-order valence-corrected chi connectivity index (χ4v) is 6.65. The summed E-state index contributed by atoms with van der Waals surface area (Å²) in [5.74, 6) is 0.0350. The highest BCUT2D eigenvalue weighted by Gasteiger charge is 2.63. The number of amides is 1. The molecule has 3 saturated heterocycles. The third kappa shape index (κ3) is 2.64. The minimum absolute atomic E-state index is 0.0898. The molecule has 3 fully saturated rings. The van der Waals surface area contributed by atoms with Crippen LogP contribution in [0.1, 0.15) is 46.3 Å². The van der Waals surface area contributed by atoms with Crippen LogP contribution in [0.3, 0.4) is 0 Å². The van der Waals surface area contributed by atoms with Gasteiger partial charge in [-0.05, 0) is 67.9 Å². The van der Waals surface area contributed by atoms with Gasteiger partial charge in [0.25, 0.3) is 11.5 Å². The number of aliphatic hydroxyl groups excluding tert-OH is 1. The van der Waals surface area contributed by atoms with Gasteiger partial charge in [0.2, 0.25) is 0 Å². The van der Waals surface area contributed by atoms with E-state index in [1.54, 1.807) is 15.7 Å². The molecule has 4 heterocycles. The summed E-state index contributed by atoms with van der Waals surface area (Å²) < 4.78 is 7.92. The normalized spacial score (nSPS) is 30.6. The van der Waals surface area contributed by atoms with Crippen LogP contribution >= 0.6 is 0 Å². The second-order valence-corrected chi connectivity index (χ2v) is 9.72. The molecule has 2 bridgehead atoms. The van der Waals surface area contributed by atoms with Crippen LogP contribution in [0.4, 0.5) is 0 Å². The zero-order chi connectivity index (χ0) is 21.3. The lowest BCUT2D eigenvalue weighted by molar-refractivity contribution is 0.00151. The Labute approximate surface area is 181 Å². The monoisotopic (exact) mass is 420 g/mol. The van der Waals surface area contributed by atoms with Gasteiger partial charge in [-0.2, -0.15) is 0 Å². The molecule has 1 N–H and O–H groups in total. The first kappa shape index (κ1) is 19.3. The highest BCUT2D eigenvalue weighted by molar-refractivity contribution is 5.95. The SMILES string of the molecule is Cc1ccn(-c2cccc3c2CCC3)c(=O)c1C(=O)N1C[C@H]2[C@@H](CO)[C@@H]3CC[C@@]2(C1)O3. The molecule has 1 spiro atoms. The molecule has 1 aromatic carbocycles. The maximum Gasteiger partial charge on any atom is 0.268 e. The van der Waals surface area contributed by atoms with Crippen LogP contribution in [0.2, 0.25) is 0 Å². The number of aryl methyl sites for hydroxylation is 2. The van der Waals surface area contributed by atoms with E-state index in [-0.39, 0.29) is 47.2 Å². The summed E-state index contributed by atoms with van der Waals surface area (Å²) in [5.41, 5.74) is 3.79. The van der Waals surface area contributed by atoms with Gasteiger partial charge in [0.1, 0.15) is 5.56 Å². The Morgan fingerprint density at radius 3 is 3.00 bits per heavy atom. The lowest BCUT2D eigenvalue weighted by Gasteiger charge is -2.27. The van der Waals surface area contributed by atoms with Gasteiger partial charge in [0, 0.05) is 31.2 Å². The van der Waals surface area contributed by atoms with Crippen LogP contribution in [0, 0.1) is 18.8 Å². The van der Waals surface area contributed by atoms with Crippen molar-refractivity contribution in [3.63, 3.8) is 0 Å². The van der Waals surface area contributed by atoms with Gasteiger partial charge < -0.3 is 14.7 Å². The smallest absolute Gasteiger partial charge is 0.268 e. The Bertz CT molecular complexity index is 1140. The zero-order valence-electron chi connectivity index (χ0n) is 17.8. The Morgan fingerprint density at radius 2 is 2.16 bits per heavy atom. The lowest BCUT2D eigenvalue weighted by Crippen LogP contribution is -2.39. The number of benzene rings is 1. The largest absolute Gasteiger partial charge is 0.396 e. The van der Waals surface area contributed by atoms with Crippen molar-refractivity contribution in [2.75, 3.05) is 19.7 Å².